The molecule has 2 atom stereocenters. The van der Waals surface area contributed by atoms with Crippen LogP contribution in [-0.4, -0.2) is 66.5 Å². The van der Waals surface area contributed by atoms with Crippen LogP contribution in [0, 0.1) is 5.92 Å². The number of amides is 1. The van der Waals surface area contributed by atoms with E-state index >= 15 is 0 Å². The van der Waals surface area contributed by atoms with E-state index in [1.165, 1.54) is 6.42 Å². The number of nitrogens with one attached hydrogen (secondary N) is 1. The van der Waals surface area contributed by atoms with E-state index < -0.39 is 15.6 Å². The lowest BCUT2D eigenvalue weighted by molar-refractivity contribution is -0.0665. The molecule has 1 aromatic carbocycles. The zero-order valence-corrected chi connectivity index (χ0v) is 21.6. The van der Waals surface area contributed by atoms with Crippen molar-refractivity contribution in [3.8, 4) is 0 Å². The monoisotopic (exact) mass is 485 g/mol. The highest BCUT2D eigenvalue weighted by Crippen LogP contribution is 2.46. The number of halogens is 1. The highest BCUT2D eigenvalue weighted by atomic mass is 35.5. The Hall–Kier alpha value is -1.15. The van der Waals surface area contributed by atoms with E-state index in [-0.39, 0.29) is 29.6 Å². The maximum absolute atomic E-state index is 13.1. The van der Waals surface area contributed by atoms with E-state index in [2.05, 4.69) is 31.0 Å². The van der Waals surface area contributed by atoms with Crippen LogP contribution in [0.1, 0.15) is 70.2 Å². The first-order valence-corrected chi connectivity index (χ1v) is 13.4. The Bertz CT molecular complexity index is 855. The molecule has 182 valence electrons. The van der Waals surface area contributed by atoms with Gasteiger partial charge >= 0.3 is 0 Å². The largest absolute Gasteiger partial charge is 0.345 e. The van der Waals surface area contributed by atoms with Gasteiger partial charge in [-0.2, -0.15) is 4.31 Å². The third-order valence-corrected chi connectivity index (χ3v) is 9.54. The van der Waals surface area contributed by atoms with E-state index in [0.717, 1.165) is 19.3 Å². The van der Waals surface area contributed by atoms with Crippen molar-refractivity contribution >= 4 is 28.3 Å². The molecule has 32 heavy (non-hydrogen) atoms. The van der Waals surface area contributed by atoms with E-state index in [0.29, 0.717) is 44.1 Å². The van der Waals surface area contributed by atoms with Gasteiger partial charge in [0.1, 0.15) is 0 Å². The SMILES string of the molecule is CCCS(=O)(=O)N1CCN(C2(C(C)(C)NC(=O)c3ccccc3)CCCCC2C)CC1.Cl. The van der Waals surface area contributed by atoms with Gasteiger partial charge in [0.15, 0.2) is 0 Å². The number of piperazine rings is 1. The Morgan fingerprint density at radius 2 is 1.75 bits per heavy atom. The third-order valence-electron chi connectivity index (χ3n) is 7.46. The van der Waals surface area contributed by atoms with Gasteiger partial charge in [0.2, 0.25) is 10.0 Å². The Balaban J connectivity index is 0.00000363. The van der Waals surface area contributed by atoms with Crippen molar-refractivity contribution < 1.29 is 13.2 Å². The van der Waals surface area contributed by atoms with Crippen LogP contribution in [0.2, 0.25) is 0 Å². The Morgan fingerprint density at radius 1 is 1.12 bits per heavy atom. The van der Waals surface area contributed by atoms with Crippen molar-refractivity contribution in [3.05, 3.63) is 35.9 Å². The third kappa shape index (κ3) is 5.32. The number of sulfonamides is 1. The molecule has 0 aromatic heterocycles. The molecule has 1 aliphatic carbocycles. The van der Waals surface area contributed by atoms with Crippen LogP contribution in [-0.2, 0) is 10.0 Å². The Labute approximate surface area is 200 Å². The maximum atomic E-state index is 13.1. The van der Waals surface area contributed by atoms with Gasteiger partial charge in [0.25, 0.3) is 5.91 Å². The molecule has 1 aromatic rings. The summed E-state index contributed by atoms with van der Waals surface area (Å²) in [5, 5.41) is 3.36. The quantitative estimate of drug-likeness (QED) is 0.635. The van der Waals surface area contributed by atoms with Gasteiger partial charge in [0, 0.05) is 37.3 Å². The van der Waals surface area contributed by atoms with Crippen LogP contribution in [0.15, 0.2) is 30.3 Å². The maximum Gasteiger partial charge on any atom is 0.251 e. The fraction of sp³-hybridized carbons (Fsp3) is 0.708. The fourth-order valence-electron chi connectivity index (χ4n) is 5.93. The summed E-state index contributed by atoms with van der Waals surface area (Å²) in [7, 11) is -3.17. The van der Waals surface area contributed by atoms with E-state index in [1.54, 1.807) is 4.31 Å². The summed E-state index contributed by atoms with van der Waals surface area (Å²) in [6, 6.07) is 9.38. The fourth-order valence-corrected chi connectivity index (χ4v) is 7.42. The second-order valence-corrected chi connectivity index (χ2v) is 11.8. The van der Waals surface area contributed by atoms with Crippen LogP contribution in [0.25, 0.3) is 0 Å². The molecular formula is C24H40ClN3O3S. The molecule has 0 spiro atoms. The number of rotatable bonds is 7. The number of benzene rings is 1. The highest BCUT2D eigenvalue weighted by molar-refractivity contribution is 7.89. The molecule has 6 nitrogen and oxygen atoms in total. The van der Waals surface area contributed by atoms with Crippen LogP contribution in [0.3, 0.4) is 0 Å². The molecule has 2 fully saturated rings. The molecule has 2 aliphatic rings. The lowest BCUT2D eigenvalue weighted by Gasteiger charge is -2.60. The lowest BCUT2D eigenvalue weighted by Crippen LogP contribution is -2.74. The molecule has 2 unspecified atom stereocenters. The van der Waals surface area contributed by atoms with Crippen molar-refractivity contribution in [1.82, 2.24) is 14.5 Å². The summed E-state index contributed by atoms with van der Waals surface area (Å²) in [6.45, 7) is 11.0. The van der Waals surface area contributed by atoms with Crippen molar-refractivity contribution in [3.63, 3.8) is 0 Å². The molecule has 3 rings (SSSR count). The predicted octanol–water partition coefficient (Wildman–Crippen LogP) is 3.92. The van der Waals surface area contributed by atoms with Crippen molar-refractivity contribution in [2.75, 3.05) is 31.9 Å². The second-order valence-electron chi connectivity index (χ2n) is 9.72. The summed E-state index contributed by atoms with van der Waals surface area (Å²) in [4.78, 5) is 15.6. The molecule has 1 aliphatic heterocycles. The van der Waals surface area contributed by atoms with E-state index in [9.17, 15) is 13.2 Å². The standard InChI is InChI=1S/C24H39N3O3S.ClH/c1-5-19-31(29,30)27-17-15-26(16-18-27)24(14-10-9-11-20(24)2)23(3,4)25-22(28)21-12-7-6-8-13-21;/h6-8,12-13,20H,5,9-11,14-19H2,1-4H3,(H,25,28);1H. The highest BCUT2D eigenvalue weighted by Gasteiger charge is 2.54. The first kappa shape index (κ1) is 27.1. The van der Waals surface area contributed by atoms with E-state index in [4.69, 9.17) is 0 Å². The van der Waals surface area contributed by atoms with E-state index in [1.807, 2.05) is 37.3 Å². The molecule has 1 saturated heterocycles. The normalized spacial score (nSPS) is 25.7. The van der Waals surface area contributed by atoms with Crippen LogP contribution in [0.5, 0.6) is 0 Å². The zero-order chi connectivity index (χ0) is 22.7. The Morgan fingerprint density at radius 3 is 2.31 bits per heavy atom. The topological polar surface area (TPSA) is 69.7 Å². The predicted molar refractivity (Wildman–Crippen MR) is 133 cm³/mol. The number of carbonyl (C=O) groups excluding carboxylic acids is 1. The molecular weight excluding hydrogens is 446 g/mol. The molecule has 1 heterocycles. The molecule has 1 N–H and O–H groups in total. The molecule has 1 amide bonds. The van der Waals surface area contributed by atoms with Crippen molar-refractivity contribution in [2.45, 2.75) is 70.9 Å². The van der Waals surface area contributed by atoms with Gasteiger partial charge in [-0.15, -0.1) is 12.4 Å². The average molecular weight is 486 g/mol. The number of hydrogen-bond donors (Lipinski definition) is 1. The first-order valence-electron chi connectivity index (χ1n) is 11.7. The zero-order valence-electron chi connectivity index (χ0n) is 20.0. The summed E-state index contributed by atoms with van der Waals surface area (Å²) in [5.74, 6) is 0.575. The summed E-state index contributed by atoms with van der Waals surface area (Å²) >= 11 is 0. The molecule has 0 radical (unpaired) electrons. The second kappa shape index (κ2) is 10.9. The smallest absolute Gasteiger partial charge is 0.251 e. The number of carbonyl (C=O) groups is 1. The Kier molecular flexibility index (Phi) is 9.19. The molecule has 1 saturated carbocycles. The minimum absolute atomic E-state index is 0. The van der Waals surface area contributed by atoms with Gasteiger partial charge in [0.05, 0.1) is 11.3 Å². The average Bonchev–Trinajstić information content (AvgIpc) is 2.74. The molecule has 8 heteroatoms. The van der Waals surface area contributed by atoms with Crippen LogP contribution >= 0.6 is 12.4 Å². The number of nitrogens with zero attached hydrogens (tertiary/aromatic N) is 2. The van der Waals surface area contributed by atoms with Crippen molar-refractivity contribution in [2.24, 2.45) is 5.92 Å². The van der Waals surface area contributed by atoms with Gasteiger partial charge in [-0.05, 0) is 51.2 Å². The van der Waals surface area contributed by atoms with Gasteiger partial charge in [-0.1, -0.05) is 44.9 Å². The van der Waals surface area contributed by atoms with Crippen molar-refractivity contribution in [1.29, 1.82) is 0 Å². The van der Waals surface area contributed by atoms with Gasteiger partial charge in [-0.25, -0.2) is 8.42 Å². The van der Waals surface area contributed by atoms with Gasteiger partial charge in [-0.3, -0.25) is 9.69 Å². The minimum Gasteiger partial charge on any atom is -0.345 e. The van der Waals surface area contributed by atoms with Crippen LogP contribution in [0.4, 0.5) is 0 Å². The summed E-state index contributed by atoms with van der Waals surface area (Å²) < 4.78 is 26.8. The summed E-state index contributed by atoms with van der Waals surface area (Å²) in [5.41, 5.74) is 0.0187. The van der Waals surface area contributed by atoms with Crippen LogP contribution < -0.4 is 5.32 Å². The van der Waals surface area contributed by atoms with Gasteiger partial charge < -0.3 is 5.32 Å². The lowest BCUT2D eigenvalue weighted by atomic mass is 9.62. The number of hydrogen-bond acceptors (Lipinski definition) is 4. The summed E-state index contributed by atoms with van der Waals surface area (Å²) in [6.07, 6.45) is 5.11. The first-order chi connectivity index (χ1) is 14.6. The molecule has 0 bridgehead atoms. The minimum atomic E-state index is -3.17.